The van der Waals surface area contributed by atoms with E-state index in [1.807, 2.05) is 19.9 Å². The molecule has 0 spiro atoms. The lowest BCUT2D eigenvalue weighted by Crippen LogP contribution is -2.31. The van der Waals surface area contributed by atoms with Gasteiger partial charge in [0.2, 0.25) is 0 Å². The second-order valence-electron chi connectivity index (χ2n) is 8.43. The van der Waals surface area contributed by atoms with E-state index in [1.165, 1.54) is 19.1 Å². The average Bonchev–Trinajstić information content (AvgIpc) is 2.71. The summed E-state index contributed by atoms with van der Waals surface area (Å²) in [5.41, 5.74) is 2.84. The van der Waals surface area contributed by atoms with Crippen LogP contribution in [0.4, 0.5) is 4.39 Å². The Bertz CT molecular complexity index is 971. The molecule has 0 aromatic heterocycles. The fraction of sp³-hybridized carbons (Fsp3) is 0.400. The molecule has 2 aromatic carbocycles. The number of hydrogen-bond acceptors (Lipinski definition) is 3. The number of methoxy groups -OCH3 is 1. The van der Waals surface area contributed by atoms with Crippen LogP contribution in [0.1, 0.15) is 50.7 Å². The maximum absolute atomic E-state index is 13.3. The molecule has 1 aliphatic rings. The maximum Gasteiger partial charge on any atom is 0.163 e. The molecule has 1 N–H and O–H groups in total. The lowest BCUT2D eigenvalue weighted by atomic mass is 9.71. The van der Waals surface area contributed by atoms with Gasteiger partial charge < -0.3 is 9.84 Å². The van der Waals surface area contributed by atoms with Gasteiger partial charge in [0.1, 0.15) is 11.6 Å². The summed E-state index contributed by atoms with van der Waals surface area (Å²) in [6.07, 6.45) is 3.36. The fourth-order valence-electron chi connectivity index (χ4n) is 4.29. The lowest BCUT2D eigenvalue weighted by Gasteiger charge is -2.37. The standard InChI is InChI=1S/C25H28ClFO3/c1-15-13-21(17-5-7-18(27)8-6-17)22(26)14-20(15)23(16(2)28)24(29)25(3)11-9-19(30-4)10-12-25/h5-8,13-14,19,29H,9-12H2,1-4H3/b24-23-. The van der Waals surface area contributed by atoms with Gasteiger partial charge in [-0.2, -0.15) is 0 Å². The van der Waals surface area contributed by atoms with Gasteiger partial charge in [-0.3, -0.25) is 4.79 Å². The van der Waals surface area contributed by atoms with Crippen molar-refractivity contribution in [1.82, 2.24) is 0 Å². The number of ketones is 1. The number of halogens is 2. The number of carbonyl (C=O) groups is 1. The van der Waals surface area contributed by atoms with E-state index in [1.54, 1.807) is 25.3 Å². The number of rotatable bonds is 5. The molecule has 0 aliphatic heterocycles. The first-order valence-electron chi connectivity index (χ1n) is 10.2. The Hall–Kier alpha value is -2.17. The summed E-state index contributed by atoms with van der Waals surface area (Å²) in [7, 11) is 1.71. The second-order valence-corrected chi connectivity index (χ2v) is 8.84. The van der Waals surface area contributed by atoms with Crippen molar-refractivity contribution in [3.8, 4) is 11.1 Å². The molecule has 1 aliphatic carbocycles. The van der Waals surface area contributed by atoms with Crippen LogP contribution in [0.2, 0.25) is 5.02 Å². The third-order valence-corrected chi connectivity index (χ3v) is 6.58. The number of benzene rings is 2. The highest BCUT2D eigenvalue weighted by Crippen LogP contribution is 2.45. The van der Waals surface area contributed by atoms with Crippen molar-refractivity contribution in [3.63, 3.8) is 0 Å². The number of allylic oxidation sites excluding steroid dienone is 2. The Labute approximate surface area is 182 Å². The van der Waals surface area contributed by atoms with Crippen molar-refractivity contribution in [2.45, 2.75) is 52.6 Å². The number of carbonyl (C=O) groups excluding carboxylic acids is 1. The van der Waals surface area contributed by atoms with Crippen LogP contribution in [-0.2, 0) is 9.53 Å². The fourth-order valence-corrected chi connectivity index (χ4v) is 4.56. The highest BCUT2D eigenvalue weighted by atomic mass is 35.5. The smallest absolute Gasteiger partial charge is 0.163 e. The molecule has 0 atom stereocenters. The summed E-state index contributed by atoms with van der Waals surface area (Å²) >= 11 is 6.56. The number of aryl methyl sites for hydroxylation is 1. The summed E-state index contributed by atoms with van der Waals surface area (Å²) in [6.45, 7) is 5.36. The molecule has 160 valence electrons. The van der Waals surface area contributed by atoms with Crippen LogP contribution in [0.3, 0.4) is 0 Å². The molecule has 0 amide bonds. The van der Waals surface area contributed by atoms with Gasteiger partial charge in [0.25, 0.3) is 0 Å². The molecule has 3 nitrogen and oxygen atoms in total. The number of aliphatic hydroxyl groups excluding tert-OH is 1. The van der Waals surface area contributed by atoms with E-state index >= 15 is 0 Å². The van der Waals surface area contributed by atoms with Crippen molar-refractivity contribution >= 4 is 23.0 Å². The zero-order chi connectivity index (χ0) is 22.1. The van der Waals surface area contributed by atoms with E-state index in [0.29, 0.717) is 16.2 Å². The minimum Gasteiger partial charge on any atom is -0.511 e. The van der Waals surface area contributed by atoms with E-state index in [4.69, 9.17) is 16.3 Å². The van der Waals surface area contributed by atoms with Crippen molar-refractivity contribution in [3.05, 3.63) is 64.1 Å². The van der Waals surface area contributed by atoms with Gasteiger partial charge in [0.05, 0.1) is 11.7 Å². The number of hydrogen-bond donors (Lipinski definition) is 1. The third-order valence-electron chi connectivity index (χ3n) is 6.27. The molecule has 5 heteroatoms. The van der Waals surface area contributed by atoms with Crippen LogP contribution < -0.4 is 0 Å². The van der Waals surface area contributed by atoms with Gasteiger partial charge in [-0.25, -0.2) is 4.39 Å². The minimum absolute atomic E-state index is 0.123. The Kier molecular flexibility index (Phi) is 6.68. The Morgan fingerprint density at radius 3 is 2.33 bits per heavy atom. The quantitative estimate of drug-likeness (QED) is 0.414. The SMILES string of the molecule is COC1CCC(C)(/C(O)=C(\C(C)=O)c2cc(Cl)c(-c3ccc(F)cc3)cc2C)CC1. The summed E-state index contributed by atoms with van der Waals surface area (Å²) in [6, 6.07) is 9.73. The molecule has 0 saturated heterocycles. The molecular formula is C25H28ClFO3. The lowest BCUT2D eigenvalue weighted by molar-refractivity contribution is -0.112. The topological polar surface area (TPSA) is 46.5 Å². The molecule has 30 heavy (non-hydrogen) atoms. The summed E-state index contributed by atoms with van der Waals surface area (Å²) in [5, 5.41) is 11.7. The molecule has 1 fully saturated rings. The molecule has 0 unspecified atom stereocenters. The van der Waals surface area contributed by atoms with Crippen molar-refractivity contribution in [1.29, 1.82) is 0 Å². The second kappa shape index (κ2) is 8.91. The molecule has 0 heterocycles. The summed E-state index contributed by atoms with van der Waals surface area (Å²) in [5.74, 6) is -0.388. The van der Waals surface area contributed by atoms with Gasteiger partial charge in [-0.15, -0.1) is 0 Å². The van der Waals surface area contributed by atoms with Gasteiger partial charge in [-0.1, -0.05) is 30.7 Å². The Balaban J connectivity index is 2.06. The van der Waals surface area contributed by atoms with Crippen LogP contribution in [0.5, 0.6) is 0 Å². The number of aliphatic hydroxyl groups is 1. The van der Waals surface area contributed by atoms with E-state index in [2.05, 4.69) is 0 Å². The highest BCUT2D eigenvalue weighted by Gasteiger charge is 2.37. The highest BCUT2D eigenvalue weighted by molar-refractivity contribution is 6.34. The van der Waals surface area contributed by atoms with Crippen LogP contribution in [0.15, 0.2) is 42.2 Å². The zero-order valence-corrected chi connectivity index (χ0v) is 18.6. The third kappa shape index (κ3) is 4.45. The van der Waals surface area contributed by atoms with E-state index in [-0.39, 0.29) is 23.5 Å². The summed E-state index contributed by atoms with van der Waals surface area (Å²) in [4.78, 5) is 12.6. The van der Waals surface area contributed by atoms with Crippen LogP contribution >= 0.6 is 11.6 Å². The molecule has 0 radical (unpaired) electrons. The van der Waals surface area contributed by atoms with Gasteiger partial charge in [0, 0.05) is 23.1 Å². The largest absolute Gasteiger partial charge is 0.511 e. The number of Topliss-reactive ketones (excluding diaryl/α,β-unsaturated/α-hetero) is 1. The van der Waals surface area contributed by atoms with E-state index < -0.39 is 5.41 Å². The van der Waals surface area contributed by atoms with Crippen LogP contribution in [0.25, 0.3) is 16.7 Å². The average molecular weight is 431 g/mol. The predicted octanol–water partition coefficient (Wildman–Crippen LogP) is 6.91. The van der Waals surface area contributed by atoms with Crippen LogP contribution in [-0.4, -0.2) is 24.1 Å². The van der Waals surface area contributed by atoms with Crippen LogP contribution in [0, 0.1) is 18.2 Å². The zero-order valence-electron chi connectivity index (χ0n) is 17.9. The van der Waals surface area contributed by atoms with Crippen molar-refractivity contribution < 1.29 is 19.0 Å². The van der Waals surface area contributed by atoms with E-state index in [0.717, 1.165) is 42.4 Å². The first kappa shape index (κ1) is 22.5. The molecule has 2 aromatic rings. The molecule has 1 saturated carbocycles. The Morgan fingerprint density at radius 2 is 1.80 bits per heavy atom. The Morgan fingerprint density at radius 1 is 1.20 bits per heavy atom. The maximum atomic E-state index is 13.3. The molecular weight excluding hydrogens is 403 g/mol. The first-order chi connectivity index (χ1) is 14.2. The molecule has 0 bridgehead atoms. The van der Waals surface area contributed by atoms with Crippen molar-refractivity contribution in [2.75, 3.05) is 7.11 Å². The predicted molar refractivity (Wildman–Crippen MR) is 119 cm³/mol. The normalized spacial score (nSPS) is 22.5. The van der Waals surface area contributed by atoms with Gasteiger partial charge in [0.15, 0.2) is 5.78 Å². The minimum atomic E-state index is -0.482. The molecule has 3 rings (SSSR count). The first-order valence-corrected chi connectivity index (χ1v) is 10.6. The van der Waals surface area contributed by atoms with Gasteiger partial charge >= 0.3 is 0 Å². The van der Waals surface area contributed by atoms with E-state index in [9.17, 15) is 14.3 Å². The number of ether oxygens (including phenoxy) is 1. The van der Waals surface area contributed by atoms with Crippen molar-refractivity contribution in [2.24, 2.45) is 5.41 Å². The van der Waals surface area contributed by atoms with Gasteiger partial charge in [-0.05, 0) is 80.5 Å². The summed E-state index contributed by atoms with van der Waals surface area (Å²) < 4.78 is 18.7. The monoisotopic (exact) mass is 430 g/mol.